The fourth-order valence-corrected chi connectivity index (χ4v) is 1.36. The van der Waals surface area contributed by atoms with E-state index >= 15 is 0 Å². The average Bonchev–Trinajstić information content (AvgIpc) is 2.28. The molecule has 1 rings (SSSR count). The maximum Gasteiger partial charge on any atom is 0.237 e. The van der Waals surface area contributed by atoms with Gasteiger partial charge in [0, 0.05) is 6.54 Å². The lowest BCUT2D eigenvalue weighted by Gasteiger charge is -2.11. The number of hydrogen-bond acceptors (Lipinski definition) is 2. The fourth-order valence-electron chi connectivity index (χ4n) is 1.36. The van der Waals surface area contributed by atoms with Gasteiger partial charge in [0.05, 0.1) is 6.04 Å². The Morgan fingerprint density at radius 1 is 1.44 bits per heavy atom. The lowest BCUT2D eigenvalue weighted by molar-refractivity contribution is -0.122. The molecule has 1 amide bonds. The normalized spacial score (nSPS) is 12.2. The Balaban J connectivity index is 2.39. The quantitative estimate of drug-likeness (QED) is 0.797. The average molecular weight is 224 g/mol. The van der Waals surface area contributed by atoms with E-state index in [0.29, 0.717) is 13.0 Å². The van der Waals surface area contributed by atoms with Crippen molar-refractivity contribution in [2.45, 2.75) is 32.4 Å². The zero-order chi connectivity index (χ0) is 12.0. The molecule has 0 saturated heterocycles. The molecular weight excluding hydrogens is 207 g/mol. The van der Waals surface area contributed by atoms with Crippen LogP contribution in [0.1, 0.15) is 25.3 Å². The summed E-state index contributed by atoms with van der Waals surface area (Å²) in [6.07, 6.45) is 1.56. The summed E-state index contributed by atoms with van der Waals surface area (Å²) in [6.45, 7) is 2.36. The maximum atomic E-state index is 12.6. The molecule has 0 fully saturated rings. The minimum absolute atomic E-state index is 0.161. The lowest BCUT2D eigenvalue weighted by atomic mass is 10.1. The molecule has 0 saturated carbocycles. The SMILES string of the molecule is CCCC(N)C(=O)NCc1ccc(F)cc1. The van der Waals surface area contributed by atoms with Crippen LogP contribution in [0.2, 0.25) is 0 Å². The van der Waals surface area contributed by atoms with Crippen molar-refractivity contribution >= 4 is 5.91 Å². The Bertz CT molecular complexity index is 337. The minimum atomic E-state index is -0.453. The summed E-state index contributed by atoms with van der Waals surface area (Å²) in [4.78, 5) is 11.5. The Morgan fingerprint density at radius 3 is 2.62 bits per heavy atom. The van der Waals surface area contributed by atoms with Crippen LogP contribution in [0.3, 0.4) is 0 Å². The zero-order valence-electron chi connectivity index (χ0n) is 9.37. The van der Waals surface area contributed by atoms with Crippen molar-refractivity contribution in [2.24, 2.45) is 5.73 Å². The molecule has 16 heavy (non-hydrogen) atoms. The van der Waals surface area contributed by atoms with Crippen molar-refractivity contribution in [3.05, 3.63) is 35.6 Å². The summed E-state index contributed by atoms with van der Waals surface area (Å²) in [5, 5.41) is 2.72. The van der Waals surface area contributed by atoms with Crippen LogP contribution < -0.4 is 11.1 Å². The zero-order valence-corrected chi connectivity index (χ0v) is 9.37. The van der Waals surface area contributed by atoms with Crippen LogP contribution >= 0.6 is 0 Å². The third-order valence-electron chi connectivity index (χ3n) is 2.32. The van der Waals surface area contributed by atoms with Gasteiger partial charge in [-0.2, -0.15) is 0 Å². The first-order chi connectivity index (χ1) is 7.63. The molecule has 1 aromatic rings. The number of halogens is 1. The second-order valence-electron chi connectivity index (χ2n) is 3.74. The van der Waals surface area contributed by atoms with Crippen LogP contribution in [0.25, 0.3) is 0 Å². The monoisotopic (exact) mass is 224 g/mol. The molecular formula is C12H17FN2O. The number of carbonyl (C=O) groups excluding carboxylic acids is 1. The van der Waals surface area contributed by atoms with Gasteiger partial charge in [-0.25, -0.2) is 4.39 Å². The first-order valence-electron chi connectivity index (χ1n) is 5.41. The molecule has 1 unspecified atom stereocenters. The molecule has 1 atom stereocenters. The molecule has 88 valence electrons. The predicted octanol–water partition coefficient (Wildman–Crippen LogP) is 1.57. The summed E-state index contributed by atoms with van der Waals surface area (Å²) in [5.41, 5.74) is 6.50. The highest BCUT2D eigenvalue weighted by atomic mass is 19.1. The lowest BCUT2D eigenvalue weighted by Crippen LogP contribution is -2.40. The molecule has 0 aromatic heterocycles. The number of hydrogen-bond donors (Lipinski definition) is 2. The van der Waals surface area contributed by atoms with E-state index in [1.807, 2.05) is 6.92 Å². The second kappa shape index (κ2) is 6.23. The number of amides is 1. The van der Waals surface area contributed by atoms with Gasteiger partial charge in [0.1, 0.15) is 5.82 Å². The molecule has 0 spiro atoms. The van der Waals surface area contributed by atoms with Crippen molar-refractivity contribution in [3.63, 3.8) is 0 Å². The third-order valence-corrected chi connectivity index (χ3v) is 2.32. The standard InChI is InChI=1S/C12H17FN2O/c1-2-3-11(14)12(16)15-8-9-4-6-10(13)7-5-9/h4-7,11H,2-3,8,14H2,1H3,(H,15,16). The summed E-state index contributed by atoms with van der Waals surface area (Å²) in [5.74, 6) is -0.441. The Hall–Kier alpha value is -1.42. The topological polar surface area (TPSA) is 55.1 Å². The smallest absolute Gasteiger partial charge is 0.237 e. The van der Waals surface area contributed by atoms with Gasteiger partial charge in [0.2, 0.25) is 5.91 Å². The van der Waals surface area contributed by atoms with E-state index in [9.17, 15) is 9.18 Å². The van der Waals surface area contributed by atoms with Gasteiger partial charge in [0.25, 0.3) is 0 Å². The van der Waals surface area contributed by atoms with Crippen LogP contribution in [0.4, 0.5) is 4.39 Å². The molecule has 0 aliphatic heterocycles. The Morgan fingerprint density at radius 2 is 2.06 bits per heavy atom. The molecule has 1 aromatic carbocycles. The van der Waals surface area contributed by atoms with Crippen LogP contribution in [-0.2, 0) is 11.3 Å². The molecule has 0 radical (unpaired) electrons. The van der Waals surface area contributed by atoms with Crippen LogP contribution in [0, 0.1) is 5.82 Å². The summed E-state index contributed by atoms with van der Waals surface area (Å²) in [7, 11) is 0. The number of carbonyl (C=O) groups is 1. The number of benzene rings is 1. The van der Waals surface area contributed by atoms with Crippen LogP contribution in [-0.4, -0.2) is 11.9 Å². The van der Waals surface area contributed by atoms with E-state index in [0.717, 1.165) is 12.0 Å². The van der Waals surface area contributed by atoms with Gasteiger partial charge < -0.3 is 11.1 Å². The Labute approximate surface area is 94.8 Å². The first-order valence-corrected chi connectivity index (χ1v) is 5.41. The summed E-state index contributed by atoms with van der Waals surface area (Å²) in [6, 6.07) is 5.56. The van der Waals surface area contributed by atoms with Crippen molar-refractivity contribution in [3.8, 4) is 0 Å². The van der Waals surface area contributed by atoms with Gasteiger partial charge in [0.15, 0.2) is 0 Å². The minimum Gasteiger partial charge on any atom is -0.351 e. The first kappa shape index (κ1) is 12.6. The van der Waals surface area contributed by atoms with E-state index in [-0.39, 0.29) is 11.7 Å². The van der Waals surface area contributed by atoms with Gasteiger partial charge >= 0.3 is 0 Å². The van der Waals surface area contributed by atoms with E-state index in [1.165, 1.54) is 12.1 Å². The molecule has 0 bridgehead atoms. The summed E-state index contributed by atoms with van der Waals surface area (Å²) >= 11 is 0. The van der Waals surface area contributed by atoms with Crippen molar-refractivity contribution < 1.29 is 9.18 Å². The number of rotatable bonds is 5. The number of nitrogens with two attached hydrogens (primary N) is 1. The molecule has 3 N–H and O–H groups in total. The molecule has 4 heteroatoms. The van der Waals surface area contributed by atoms with E-state index in [2.05, 4.69) is 5.32 Å². The third kappa shape index (κ3) is 3.98. The summed E-state index contributed by atoms with van der Waals surface area (Å²) < 4.78 is 12.6. The highest BCUT2D eigenvalue weighted by Gasteiger charge is 2.11. The number of nitrogens with one attached hydrogen (secondary N) is 1. The second-order valence-corrected chi connectivity index (χ2v) is 3.74. The van der Waals surface area contributed by atoms with Crippen LogP contribution in [0.5, 0.6) is 0 Å². The largest absolute Gasteiger partial charge is 0.351 e. The highest BCUT2D eigenvalue weighted by molar-refractivity contribution is 5.81. The van der Waals surface area contributed by atoms with Crippen molar-refractivity contribution in [2.75, 3.05) is 0 Å². The molecule has 0 heterocycles. The van der Waals surface area contributed by atoms with Gasteiger partial charge in [-0.3, -0.25) is 4.79 Å². The highest BCUT2D eigenvalue weighted by Crippen LogP contribution is 2.02. The molecule has 0 aliphatic rings. The van der Waals surface area contributed by atoms with Gasteiger partial charge in [-0.05, 0) is 24.1 Å². The van der Waals surface area contributed by atoms with E-state index < -0.39 is 6.04 Å². The van der Waals surface area contributed by atoms with E-state index in [4.69, 9.17) is 5.73 Å². The predicted molar refractivity (Wildman–Crippen MR) is 61.1 cm³/mol. The fraction of sp³-hybridized carbons (Fsp3) is 0.417. The van der Waals surface area contributed by atoms with Crippen molar-refractivity contribution in [1.82, 2.24) is 5.32 Å². The Kier molecular flexibility index (Phi) is 4.92. The maximum absolute atomic E-state index is 12.6. The van der Waals surface area contributed by atoms with E-state index in [1.54, 1.807) is 12.1 Å². The van der Waals surface area contributed by atoms with Crippen LogP contribution in [0.15, 0.2) is 24.3 Å². The van der Waals surface area contributed by atoms with Gasteiger partial charge in [-0.1, -0.05) is 25.5 Å². The molecule has 3 nitrogen and oxygen atoms in total. The van der Waals surface area contributed by atoms with Crippen molar-refractivity contribution in [1.29, 1.82) is 0 Å². The van der Waals surface area contributed by atoms with Gasteiger partial charge in [-0.15, -0.1) is 0 Å². The molecule has 0 aliphatic carbocycles.